The van der Waals surface area contributed by atoms with E-state index in [9.17, 15) is 4.79 Å². The van der Waals surface area contributed by atoms with Gasteiger partial charge in [-0.25, -0.2) is 0 Å². The molecule has 0 aromatic heterocycles. The third-order valence-corrected chi connectivity index (χ3v) is 4.87. The van der Waals surface area contributed by atoms with Gasteiger partial charge >= 0.3 is 0 Å². The second-order valence-electron chi connectivity index (χ2n) is 6.50. The van der Waals surface area contributed by atoms with E-state index in [4.69, 9.17) is 0 Å². The molecule has 0 aromatic carbocycles. The van der Waals surface area contributed by atoms with Crippen molar-refractivity contribution in [1.82, 2.24) is 9.80 Å². The van der Waals surface area contributed by atoms with Gasteiger partial charge in [0.2, 0.25) is 5.91 Å². The second-order valence-corrected chi connectivity index (χ2v) is 6.50. The molecule has 2 aliphatic heterocycles. The molecule has 0 N–H and O–H groups in total. The highest BCUT2D eigenvalue weighted by Gasteiger charge is 2.34. The Morgan fingerprint density at radius 1 is 1.11 bits per heavy atom. The Morgan fingerprint density at radius 2 is 1.67 bits per heavy atom. The molecule has 3 heteroatoms. The fourth-order valence-corrected chi connectivity index (χ4v) is 3.12. The van der Waals surface area contributed by atoms with Crippen LogP contribution in [-0.4, -0.2) is 47.9 Å². The molecule has 0 unspecified atom stereocenters. The molecule has 0 spiro atoms. The highest BCUT2D eigenvalue weighted by molar-refractivity contribution is 5.82. The maximum atomic E-state index is 12.4. The Morgan fingerprint density at radius 3 is 2.17 bits per heavy atom. The molecule has 18 heavy (non-hydrogen) atoms. The van der Waals surface area contributed by atoms with Crippen molar-refractivity contribution in [2.75, 3.05) is 26.2 Å². The molecular formula is C15H28N2O. The van der Waals surface area contributed by atoms with Crippen LogP contribution in [0.4, 0.5) is 0 Å². The first kappa shape index (κ1) is 13.9. The lowest BCUT2D eigenvalue weighted by atomic mass is 9.87. The van der Waals surface area contributed by atoms with Gasteiger partial charge in [0.25, 0.3) is 0 Å². The van der Waals surface area contributed by atoms with Crippen LogP contribution in [0, 0.1) is 5.41 Å². The smallest absolute Gasteiger partial charge is 0.228 e. The second kappa shape index (κ2) is 5.60. The number of hydrogen-bond acceptors (Lipinski definition) is 2. The minimum atomic E-state index is -0.180. The monoisotopic (exact) mass is 252 g/mol. The lowest BCUT2D eigenvalue weighted by Gasteiger charge is -2.39. The van der Waals surface area contributed by atoms with Gasteiger partial charge in [0.15, 0.2) is 0 Å². The lowest BCUT2D eigenvalue weighted by molar-refractivity contribution is -0.142. The number of nitrogens with zero attached hydrogens (tertiary/aromatic N) is 2. The van der Waals surface area contributed by atoms with E-state index in [2.05, 4.69) is 30.6 Å². The largest absolute Gasteiger partial charge is 0.342 e. The minimum Gasteiger partial charge on any atom is -0.342 e. The predicted octanol–water partition coefficient (Wildman–Crippen LogP) is 2.51. The highest BCUT2D eigenvalue weighted by atomic mass is 16.2. The van der Waals surface area contributed by atoms with Gasteiger partial charge < -0.3 is 9.80 Å². The van der Waals surface area contributed by atoms with Crippen LogP contribution in [0.5, 0.6) is 0 Å². The fraction of sp³-hybridized carbons (Fsp3) is 0.933. The molecule has 2 aliphatic rings. The first-order valence-electron chi connectivity index (χ1n) is 7.58. The van der Waals surface area contributed by atoms with Crippen LogP contribution >= 0.6 is 0 Å². The molecule has 2 rings (SSSR count). The Kier molecular flexibility index (Phi) is 4.31. The summed E-state index contributed by atoms with van der Waals surface area (Å²) in [5, 5.41) is 0. The summed E-state index contributed by atoms with van der Waals surface area (Å²) >= 11 is 0. The summed E-state index contributed by atoms with van der Waals surface area (Å²) in [6, 6.07) is 0.737. The van der Waals surface area contributed by atoms with Crippen molar-refractivity contribution in [3.05, 3.63) is 0 Å². The van der Waals surface area contributed by atoms with E-state index in [1.54, 1.807) is 0 Å². The number of hydrogen-bond donors (Lipinski definition) is 0. The van der Waals surface area contributed by atoms with Crippen LogP contribution in [0.3, 0.4) is 0 Å². The van der Waals surface area contributed by atoms with Gasteiger partial charge in [0.1, 0.15) is 0 Å². The molecule has 0 saturated carbocycles. The van der Waals surface area contributed by atoms with Gasteiger partial charge in [-0.05, 0) is 45.2 Å². The molecule has 0 aliphatic carbocycles. The summed E-state index contributed by atoms with van der Waals surface area (Å²) in [5.41, 5.74) is -0.180. The third kappa shape index (κ3) is 2.87. The van der Waals surface area contributed by atoms with E-state index in [1.165, 1.54) is 38.8 Å². The van der Waals surface area contributed by atoms with Crippen molar-refractivity contribution in [2.45, 2.75) is 58.9 Å². The van der Waals surface area contributed by atoms with Crippen molar-refractivity contribution >= 4 is 5.91 Å². The predicted molar refractivity (Wildman–Crippen MR) is 74.5 cm³/mol. The summed E-state index contributed by atoms with van der Waals surface area (Å²) < 4.78 is 0. The first-order chi connectivity index (χ1) is 8.54. The summed E-state index contributed by atoms with van der Waals surface area (Å²) in [6.07, 6.45) is 6.00. The molecule has 0 aromatic rings. The summed E-state index contributed by atoms with van der Waals surface area (Å²) in [4.78, 5) is 17.1. The zero-order chi connectivity index (χ0) is 13.2. The van der Waals surface area contributed by atoms with Crippen LogP contribution in [0.2, 0.25) is 0 Å². The number of piperidine rings is 1. The van der Waals surface area contributed by atoms with E-state index in [0.29, 0.717) is 5.91 Å². The third-order valence-electron chi connectivity index (χ3n) is 4.87. The van der Waals surface area contributed by atoms with Gasteiger partial charge in [-0.2, -0.15) is 0 Å². The van der Waals surface area contributed by atoms with E-state index in [0.717, 1.165) is 25.6 Å². The minimum absolute atomic E-state index is 0.180. The average Bonchev–Trinajstić information content (AvgIpc) is 2.92. The standard InChI is InChI=1S/C15H28N2O/c1-4-15(2,3)14(18)17-11-7-13(8-12-17)16-9-5-6-10-16/h13H,4-12H2,1-3H3. The van der Waals surface area contributed by atoms with Crippen molar-refractivity contribution in [2.24, 2.45) is 5.41 Å². The first-order valence-corrected chi connectivity index (χ1v) is 7.58. The topological polar surface area (TPSA) is 23.6 Å². The van der Waals surface area contributed by atoms with Crippen LogP contribution in [0.1, 0.15) is 52.9 Å². The molecule has 2 heterocycles. The molecule has 0 atom stereocenters. The van der Waals surface area contributed by atoms with Crippen molar-refractivity contribution in [3.63, 3.8) is 0 Å². The van der Waals surface area contributed by atoms with Crippen LogP contribution in [0.25, 0.3) is 0 Å². The molecule has 2 saturated heterocycles. The van der Waals surface area contributed by atoms with Crippen molar-refractivity contribution in [3.8, 4) is 0 Å². The Bertz CT molecular complexity index is 287. The Balaban J connectivity index is 1.84. The molecule has 2 fully saturated rings. The zero-order valence-electron chi connectivity index (χ0n) is 12.2. The quantitative estimate of drug-likeness (QED) is 0.770. The van der Waals surface area contributed by atoms with Gasteiger partial charge in [0, 0.05) is 24.5 Å². The van der Waals surface area contributed by atoms with Crippen LogP contribution in [0.15, 0.2) is 0 Å². The number of likely N-dealkylation sites (tertiary alicyclic amines) is 2. The molecule has 0 bridgehead atoms. The van der Waals surface area contributed by atoms with E-state index in [1.807, 2.05) is 0 Å². The number of rotatable bonds is 3. The maximum Gasteiger partial charge on any atom is 0.228 e. The normalized spacial score (nSPS) is 23.6. The van der Waals surface area contributed by atoms with Gasteiger partial charge in [-0.15, -0.1) is 0 Å². The van der Waals surface area contributed by atoms with Crippen LogP contribution in [-0.2, 0) is 4.79 Å². The Hall–Kier alpha value is -0.570. The number of carbonyl (C=O) groups is 1. The fourth-order valence-electron chi connectivity index (χ4n) is 3.12. The summed E-state index contributed by atoms with van der Waals surface area (Å²) in [5.74, 6) is 0.352. The van der Waals surface area contributed by atoms with Gasteiger partial charge in [-0.3, -0.25) is 4.79 Å². The van der Waals surface area contributed by atoms with E-state index in [-0.39, 0.29) is 5.41 Å². The van der Waals surface area contributed by atoms with Gasteiger partial charge in [-0.1, -0.05) is 20.8 Å². The zero-order valence-corrected chi connectivity index (χ0v) is 12.2. The van der Waals surface area contributed by atoms with Crippen LogP contribution < -0.4 is 0 Å². The van der Waals surface area contributed by atoms with Crippen molar-refractivity contribution in [1.29, 1.82) is 0 Å². The molecular weight excluding hydrogens is 224 g/mol. The van der Waals surface area contributed by atoms with Gasteiger partial charge in [0.05, 0.1) is 0 Å². The lowest BCUT2D eigenvalue weighted by Crippen LogP contribution is -2.49. The number of carbonyl (C=O) groups excluding carboxylic acids is 1. The summed E-state index contributed by atoms with van der Waals surface area (Å²) in [7, 11) is 0. The summed E-state index contributed by atoms with van der Waals surface area (Å²) in [6.45, 7) is 10.7. The van der Waals surface area contributed by atoms with Crippen molar-refractivity contribution < 1.29 is 4.79 Å². The molecule has 104 valence electrons. The Labute approximate surface area is 112 Å². The van der Waals surface area contributed by atoms with E-state index >= 15 is 0 Å². The molecule has 0 radical (unpaired) electrons. The maximum absolute atomic E-state index is 12.4. The highest BCUT2D eigenvalue weighted by Crippen LogP contribution is 2.27. The number of amides is 1. The SMILES string of the molecule is CCC(C)(C)C(=O)N1CCC(N2CCCC2)CC1. The average molecular weight is 252 g/mol. The molecule has 1 amide bonds. The molecule has 3 nitrogen and oxygen atoms in total. The van der Waals surface area contributed by atoms with E-state index < -0.39 is 0 Å².